The number of rotatable bonds is 6. The van der Waals surface area contributed by atoms with Crippen molar-refractivity contribution in [2.24, 2.45) is 11.8 Å². The number of allylic oxidation sites excluding steroid dienone is 2. The molecule has 0 aromatic heterocycles. The monoisotopic (exact) mass is 182 g/mol. The van der Waals surface area contributed by atoms with Crippen LogP contribution in [0.3, 0.4) is 0 Å². The van der Waals surface area contributed by atoms with Crippen molar-refractivity contribution < 1.29 is 0 Å². The molecule has 0 aliphatic carbocycles. The van der Waals surface area contributed by atoms with Gasteiger partial charge in [-0.05, 0) is 38.0 Å². The van der Waals surface area contributed by atoms with Gasteiger partial charge in [0, 0.05) is 0 Å². The zero-order valence-electron chi connectivity index (χ0n) is 10.1. The first-order valence-corrected chi connectivity index (χ1v) is 5.73. The molecule has 0 heterocycles. The maximum Gasteiger partial charge on any atom is -0.0257 e. The molecule has 0 aliphatic rings. The molecule has 0 aromatic carbocycles. The van der Waals surface area contributed by atoms with Gasteiger partial charge in [0.15, 0.2) is 0 Å². The SMILES string of the molecule is CCCCC(C)=CC(C)CC(C)C. The van der Waals surface area contributed by atoms with Gasteiger partial charge < -0.3 is 0 Å². The first kappa shape index (κ1) is 12.7. The minimum Gasteiger partial charge on any atom is -0.0828 e. The van der Waals surface area contributed by atoms with Crippen LogP contribution < -0.4 is 0 Å². The molecule has 0 bridgehead atoms. The van der Waals surface area contributed by atoms with Gasteiger partial charge in [0.2, 0.25) is 0 Å². The summed E-state index contributed by atoms with van der Waals surface area (Å²) < 4.78 is 0. The van der Waals surface area contributed by atoms with E-state index in [2.05, 4.69) is 40.7 Å². The van der Waals surface area contributed by atoms with E-state index in [0.29, 0.717) is 0 Å². The summed E-state index contributed by atoms with van der Waals surface area (Å²) in [4.78, 5) is 0. The molecule has 0 rings (SSSR count). The molecule has 0 saturated carbocycles. The normalized spacial score (nSPS) is 15.1. The van der Waals surface area contributed by atoms with Gasteiger partial charge in [0.1, 0.15) is 0 Å². The fraction of sp³-hybridized carbons (Fsp3) is 0.846. The van der Waals surface area contributed by atoms with E-state index < -0.39 is 0 Å². The predicted molar refractivity (Wildman–Crippen MR) is 61.9 cm³/mol. The molecular weight excluding hydrogens is 156 g/mol. The van der Waals surface area contributed by atoms with Crippen molar-refractivity contribution >= 4 is 0 Å². The second-order valence-electron chi connectivity index (χ2n) is 4.72. The Bertz CT molecular complexity index is 142. The fourth-order valence-electron chi connectivity index (χ4n) is 1.84. The lowest BCUT2D eigenvalue weighted by atomic mass is 9.96. The molecule has 1 unspecified atom stereocenters. The average Bonchev–Trinajstić information content (AvgIpc) is 1.98. The third-order valence-corrected chi connectivity index (χ3v) is 2.34. The van der Waals surface area contributed by atoms with Crippen LogP contribution in [-0.2, 0) is 0 Å². The molecule has 0 amide bonds. The first-order chi connectivity index (χ1) is 6.06. The Kier molecular flexibility index (Phi) is 7.03. The summed E-state index contributed by atoms with van der Waals surface area (Å²) in [5.41, 5.74) is 1.58. The fourth-order valence-corrected chi connectivity index (χ4v) is 1.84. The highest BCUT2D eigenvalue weighted by Crippen LogP contribution is 2.16. The highest BCUT2D eigenvalue weighted by molar-refractivity contribution is 5.00. The Hall–Kier alpha value is -0.260. The van der Waals surface area contributed by atoms with Gasteiger partial charge in [-0.25, -0.2) is 0 Å². The Balaban J connectivity index is 3.76. The lowest BCUT2D eigenvalue weighted by molar-refractivity contribution is 0.500. The Labute approximate surface area is 84.4 Å². The van der Waals surface area contributed by atoms with Gasteiger partial charge in [-0.1, -0.05) is 45.8 Å². The zero-order valence-corrected chi connectivity index (χ0v) is 10.1. The molecule has 0 heteroatoms. The highest BCUT2D eigenvalue weighted by Gasteiger charge is 2.01. The van der Waals surface area contributed by atoms with Crippen LogP contribution in [0.25, 0.3) is 0 Å². The molecule has 0 radical (unpaired) electrons. The van der Waals surface area contributed by atoms with Crippen LogP contribution in [0.2, 0.25) is 0 Å². The van der Waals surface area contributed by atoms with Crippen LogP contribution in [0.4, 0.5) is 0 Å². The van der Waals surface area contributed by atoms with E-state index in [0.717, 1.165) is 11.8 Å². The van der Waals surface area contributed by atoms with Gasteiger partial charge in [-0.2, -0.15) is 0 Å². The van der Waals surface area contributed by atoms with Crippen molar-refractivity contribution in [2.75, 3.05) is 0 Å². The Morgan fingerprint density at radius 2 is 1.85 bits per heavy atom. The molecule has 0 N–H and O–H groups in total. The maximum atomic E-state index is 2.45. The van der Waals surface area contributed by atoms with Crippen molar-refractivity contribution in [1.82, 2.24) is 0 Å². The van der Waals surface area contributed by atoms with Gasteiger partial charge >= 0.3 is 0 Å². The molecule has 78 valence electrons. The summed E-state index contributed by atoms with van der Waals surface area (Å²) in [5.74, 6) is 1.59. The summed E-state index contributed by atoms with van der Waals surface area (Å²) in [5, 5.41) is 0. The third kappa shape index (κ3) is 8.08. The minimum absolute atomic E-state index is 0.761. The zero-order chi connectivity index (χ0) is 10.3. The third-order valence-electron chi connectivity index (χ3n) is 2.34. The Morgan fingerprint density at radius 1 is 1.23 bits per heavy atom. The average molecular weight is 182 g/mol. The van der Waals surface area contributed by atoms with E-state index in [4.69, 9.17) is 0 Å². The van der Waals surface area contributed by atoms with Crippen LogP contribution in [-0.4, -0.2) is 0 Å². The maximum absolute atomic E-state index is 2.45. The minimum atomic E-state index is 0.761. The van der Waals surface area contributed by atoms with Crippen LogP contribution in [0.1, 0.15) is 60.3 Å². The van der Waals surface area contributed by atoms with E-state index in [1.807, 2.05) is 0 Å². The number of hydrogen-bond donors (Lipinski definition) is 0. The van der Waals surface area contributed by atoms with Crippen molar-refractivity contribution in [2.45, 2.75) is 60.3 Å². The van der Waals surface area contributed by atoms with E-state index in [-0.39, 0.29) is 0 Å². The van der Waals surface area contributed by atoms with E-state index in [1.54, 1.807) is 5.57 Å². The standard InChI is InChI=1S/C13H26/c1-6-7-8-12(4)10-13(5)9-11(2)3/h10-11,13H,6-9H2,1-5H3. The second-order valence-corrected chi connectivity index (χ2v) is 4.72. The molecule has 0 saturated heterocycles. The lowest BCUT2D eigenvalue weighted by Gasteiger charge is -2.10. The molecule has 0 aliphatic heterocycles. The molecule has 0 fully saturated rings. The van der Waals surface area contributed by atoms with Gasteiger partial charge in [0.25, 0.3) is 0 Å². The lowest BCUT2D eigenvalue weighted by Crippen LogP contribution is -1.97. The molecule has 1 atom stereocenters. The summed E-state index contributed by atoms with van der Waals surface area (Å²) in [6.45, 7) is 11.4. The number of unbranched alkanes of at least 4 members (excludes halogenated alkanes) is 1. The van der Waals surface area contributed by atoms with Gasteiger partial charge in [-0.15, -0.1) is 0 Å². The summed E-state index contributed by atoms with van der Waals surface area (Å²) >= 11 is 0. The highest BCUT2D eigenvalue weighted by atomic mass is 14.1. The van der Waals surface area contributed by atoms with E-state index in [9.17, 15) is 0 Å². The Morgan fingerprint density at radius 3 is 2.31 bits per heavy atom. The van der Waals surface area contributed by atoms with E-state index >= 15 is 0 Å². The first-order valence-electron chi connectivity index (χ1n) is 5.73. The molecule has 13 heavy (non-hydrogen) atoms. The number of hydrogen-bond acceptors (Lipinski definition) is 0. The predicted octanol–water partition coefficient (Wildman–Crippen LogP) is 4.81. The molecular formula is C13H26. The summed E-state index contributed by atoms with van der Waals surface area (Å²) in [7, 11) is 0. The summed E-state index contributed by atoms with van der Waals surface area (Å²) in [6, 6.07) is 0. The van der Waals surface area contributed by atoms with Crippen molar-refractivity contribution in [3.63, 3.8) is 0 Å². The van der Waals surface area contributed by atoms with Gasteiger partial charge in [-0.3, -0.25) is 0 Å². The van der Waals surface area contributed by atoms with Crippen LogP contribution in [0.15, 0.2) is 11.6 Å². The second kappa shape index (κ2) is 7.17. The van der Waals surface area contributed by atoms with Crippen molar-refractivity contribution in [3.8, 4) is 0 Å². The smallest absolute Gasteiger partial charge is 0.0257 e. The molecule has 0 aromatic rings. The quantitative estimate of drug-likeness (QED) is 0.517. The van der Waals surface area contributed by atoms with Crippen molar-refractivity contribution in [1.29, 1.82) is 0 Å². The van der Waals surface area contributed by atoms with E-state index in [1.165, 1.54) is 25.7 Å². The van der Waals surface area contributed by atoms with Crippen LogP contribution in [0.5, 0.6) is 0 Å². The van der Waals surface area contributed by atoms with Crippen molar-refractivity contribution in [3.05, 3.63) is 11.6 Å². The summed E-state index contributed by atoms with van der Waals surface area (Å²) in [6.07, 6.45) is 7.72. The molecule has 0 spiro atoms. The molecule has 0 nitrogen and oxygen atoms in total. The van der Waals surface area contributed by atoms with Gasteiger partial charge in [0.05, 0.1) is 0 Å². The van der Waals surface area contributed by atoms with Crippen LogP contribution in [0, 0.1) is 11.8 Å². The van der Waals surface area contributed by atoms with Crippen LogP contribution >= 0.6 is 0 Å². The topological polar surface area (TPSA) is 0 Å². The largest absolute Gasteiger partial charge is 0.0828 e.